The van der Waals surface area contributed by atoms with E-state index in [0.717, 1.165) is 12.5 Å². The summed E-state index contributed by atoms with van der Waals surface area (Å²) in [5.41, 5.74) is 4.71. The molecule has 1 fully saturated rings. The van der Waals surface area contributed by atoms with Crippen LogP contribution in [-0.2, 0) is 0 Å². The van der Waals surface area contributed by atoms with E-state index in [2.05, 4.69) is 37.1 Å². The molecule has 2 nitrogen and oxygen atoms in total. The van der Waals surface area contributed by atoms with Crippen LogP contribution in [-0.4, -0.2) is 17.6 Å². The molecule has 0 saturated heterocycles. The Morgan fingerprint density at radius 2 is 2.16 bits per heavy atom. The largest absolute Gasteiger partial charge is 0.311 e. The Kier molecular flexibility index (Phi) is 5.59. The monoisotopic (exact) mass is 278 g/mol. The molecule has 1 heterocycles. The summed E-state index contributed by atoms with van der Waals surface area (Å²) in [6, 6.07) is 0.551. The van der Waals surface area contributed by atoms with Crippen molar-refractivity contribution >= 4 is 17.4 Å². The molecule has 19 heavy (non-hydrogen) atoms. The lowest BCUT2D eigenvalue weighted by Gasteiger charge is -2.25. The average molecular weight is 278 g/mol. The second kappa shape index (κ2) is 7.20. The summed E-state index contributed by atoms with van der Waals surface area (Å²) in [6.07, 6.45) is 9.34. The van der Waals surface area contributed by atoms with E-state index in [1.165, 1.54) is 42.7 Å². The van der Waals surface area contributed by atoms with Gasteiger partial charge in [0.15, 0.2) is 0 Å². The molecule has 1 saturated carbocycles. The van der Waals surface area contributed by atoms with Gasteiger partial charge in [-0.25, -0.2) is 4.98 Å². The van der Waals surface area contributed by atoms with Gasteiger partial charge in [-0.3, -0.25) is 0 Å². The molecule has 2 rings (SSSR count). The van der Waals surface area contributed by atoms with Gasteiger partial charge in [0, 0.05) is 17.5 Å². The van der Waals surface area contributed by atoms with Gasteiger partial charge in [0.25, 0.3) is 0 Å². The van der Waals surface area contributed by atoms with Gasteiger partial charge in [-0.2, -0.15) is 0 Å². The van der Waals surface area contributed by atoms with Crippen molar-refractivity contribution in [3.63, 3.8) is 0 Å². The first-order valence-corrected chi connectivity index (χ1v) is 8.38. The summed E-state index contributed by atoms with van der Waals surface area (Å²) in [5, 5.41) is 3.59. The zero-order valence-electron chi connectivity index (χ0n) is 12.4. The Morgan fingerprint density at radius 3 is 2.74 bits per heavy atom. The van der Waals surface area contributed by atoms with E-state index in [-0.39, 0.29) is 0 Å². The number of thiazole rings is 1. The predicted octanol–water partition coefficient (Wildman–Crippen LogP) is 4.41. The minimum atomic E-state index is 0.551. The normalized spacial score (nSPS) is 18.2. The summed E-state index contributed by atoms with van der Waals surface area (Å²) in [6.45, 7) is 7.57. The van der Waals surface area contributed by atoms with Crippen molar-refractivity contribution in [1.29, 1.82) is 0 Å². The maximum absolute atomic E-state index is 4.36. The quantitative estimate of drug-likeness (QED) is 0.862. The number of aryl methyl sites for hydroxylation is 1. The second-order valence-electron chi connectivity index (χ2n) is 5.89. The number of nitrogens with one attached hydrogen (secondary N) is 1. The molecule has 0 aliphatic heterocycles. The molecule has 0 bridgehead atoms. The molecular weight excluding hydrogens is 252 g/mol. The Bertz CT molecular complexity index is 414. The van der Waals surface area contributed by atoms with E-state index in [1.54, 1.807) is 16.9 Å². The molecule has 0 spiro atoms. The second-order valence-corrected chi connectivity index (χ2v) is 6.78. The first-order chi connectivity index (χ1) is 9.16. The molecule has 0 unspecified atom stereocenters. The molecule has 1 aliphatic carbocycles. The van der Waals surface area contributed by atoms with Crippen LogP contribution in [0.1, 0.15) is 56.5 Å². The number of aromatic nitrogens is 1. The fourth-order valence-electron chi connectivity index (χ4n) is 2.73. The van der Waals surface area contributed by atoms with Crippen molar-refractivity contribution in [3.05, 3.63) is 21.7 Å². The van der Waals surface area contributed by atoms with Crippen LogP contribution in [0.2, 0.25) is 0 Å². The first kappa shape index (κ1) is 14.7. The zero-order chi connectivity index (χ0) is 13.7. The van der Waals surface area contributed by atoms with Crippen molar-refractivity contribution < 1.29 is 0 Å². The van der Waals surface area contributed by atoms with Crippen LogP contribution in [0.25, 0.3) is 6.08 Å². The van der Waals surface area contributed by atoms with Crippen molar-refractivity contribution in [2.75, 3.05) is 6.54 Å². The lowest BCUT2D eigenvalue weighted by Crippen LogP contribution is -2.27. The van der Waals surface area contributed by atoms with Gasteiger partial charge in [-0.15, -0.1) is 11.3 Å². The van der Waals surface area contributed by atoms with Gasteiger partial charge in [-0.05, 0) is 31.8 Å². The molecule has 1 N–H and O–H groups in total. The van der Waals surface area contributed by atoms with E-state index in [4.69, 9.17) is 0 Å². The third kappa shape index (κ3) is 4.43. The number of hydrogen-bond acceptors (Lipinski definition) is 3. The predicted molar refractivity (Wildman–Crippen MR) is 84.5 cm³/mol. The van der Waals surface area contributed by atoms with E-state index in [9.17, 15) is 0 Å². The Morgan fingerprint density at radius 1 is 1.42 bits per heavy atom. The smallest absolute Gasteiger partial charge is 0.0801 e. The maximum Gasteiger partial charge on any atom is 0.0801 e. The van der Waals surface area contributed by atoms with E-state index in [0.29, 0.717) is 6.04 Å². The third-order valence-corrected chi connectivity index (χ3v) is 4.82. The Balaban J connectivity index is 2.12. The maximum atomic E-state index is 4.36. The van der Waals surface area contributed by atoms with Crippen LogP contribution in [0.15, 0.2) is 11.1 Å². The summed E-state index contributed by atoms with van der Waals surface area (Å²) in [5.74, 6) is 0.779. The molecule has 106 valence electrons. The van der Waals surface area contributed by atoms with Crippen LogP contribution >= 0.6 is 11.3 Å². The molecule has 1 aromatic heterocycles. The fraction of sp³-hybridized carbons (Fsp3) is 0.688. The van der Waals surface area contributed by atoms with Gasteiger partial charge in [0.1, 0.15) is 0 Å². The van der Waals surface area contributed by atoms with Crippen LogP contribution in [0.5, 0.6) is 0 Å². The molecular formula is C16H26N2S. The van der Waals surface area contributed by atoms with Crippen LogP contribution in [0.4, 0.5) is 0 Å². The lowest BCUT2D eigenvalue weighted by molar-refractivity contribution is 0.394. The van der Waals surface area contributed by atoms with Crippen molar-refractivity contribution in [3.8, 4) is 0 Å². The molecule has 0 aromatic carbocycles. The minimum absolute atomic E-state index is 0.551. The molecule has 1 aliphatic rings. The van der Waals surface area contributed by atoms with Crippen molar-refractivity contribution in [1.82, 2.24) is 10.3 Å². The Labute approximate surface area is 121 Å². The number of hydrogen-bond donors (Lipinski definition) is 1. The topological polar surface area (TPSA) is 24.9 Å². The fourth-order valence-corrected chi connectivity index (χ4v) is 3.49. The van der Waals surface area contributed by atoms with Crippen molar-refractivity contribution in [2.45, 2.75) is 58.9 Å². The molecule has 0 radical (unpaired) electrons. The van der Waals surface area contributed by atoms with Crippen LogP contribution in [0, 0.1) is 12.8 Å². The van der Waals surface area contributed by atoms with Crippen molar-refractivity contribution in [2.24, 2.45) is 5.92 Å². The molecule has 0 amide bonds. The third-order valence-electron chi connectivity index (χ3n) is 3.94. The molecule has 1 aromatic rings. The first-order valence-electron chi connectivity index (χ1n) is 7.50. The van der Waals surface area contributed by atoms with E-state index >= 15 is 0 Å². The minimum Gasteiger partial charge on any atom is -0.311 e. The SMILES string of the molecule is Cc1ncsc1C=C(CNC(C)C)C1CCCCC1. The summed E-state index contributed by atoms with van der Waals surface area (Å²) in [7, 11) is 0. The number of nitrogens with zero attached hydrogens (tertiary/aromatic N) is 1. The highest BCUT2D eigenvalue weighted by atomic mass is 32.1. The molecule has 3 heteroatoms. The van der Waals surface area contributed by atoms with Gasteiger partial charge in [0.05, 0.1) is 11.2 Å². The van der Waals surface area contributed by atoms with Gasteiger partial charge in [-0.1, -0.05) is 38.7 Å². The zero-order valence-corrected chi connectivity index (χ0v) is 13.2. The Hall–Kier alpha value is -0.670. The van der Waals surface area contributed by atoms with E-state index < -0.39 is 0 Å². The standard InChI is InChI=1S/C16H26N2S/c1-12(2)17-10-15(14-7-5-4-6-8-14)9-16-13(3)18-11-19-16/h9,11-12,14,17H,4-8,10H2,1-3H3. The highest BCUT2D eigenvalue weighted by molar-refractivity contribution is 7.10. The van der Waals surface area contributed by atoms with Crippen LogP contribution < -0.4 is 5.32 Å². The highest BCUT2D eigenvalue weighted by Gasteiger charge is 2.18. The highest BCUT2D eigenvalue weighted by Crippen LogP contribution is 2.31. The van der Waals surface area contributed by atoms with E-state index in [1.807, 2.05) is 5.51 Å². The average Bonchev–Trinajstić information content (AvgIpc) is 2.81. The summed E-state index contributed by atoms with van der Waals surface area (Å²) < 4.78 is 0. The number of rotatable bonds is 5. The van der Waals surface area contributed by atoms with Gasteiger partial charge >= 0.3 is 0 Å². The van der Waals surface area contributed by atoms with Gasteiger partial charge < -0.3 is 5.32 Å². The molecule has 0 atom stereocenters. The summed E-state index contributed by atoms with van der Waals surface area (Å²) >= 11 is 1.76. The van der Waals surface area contributed by atoms with Gasteiger partial charge in [0.2, 0.25) is 0 Å². The lowest BCUT2D eigenvalue weighted by atomic mass is 9.83. The van der Waals surface area contributed by atoms with Crippen LogP contribution in [0.3, 0.4) is 0 Å². The summed E-state index contributed by atoms with van der Waals surface area (Å²) in [4.78, 5) is 5.70.